The second-order valence-corrected chi connectivity index (χ2v) is 8.84. The van der Waals surface area contributed by atoms with Crippen molar-refractivity contribution in [3.05, 3.63) is 64.7 Å². The second kappa shape index (κ2) is 9.30. The summed E-state index contributed by atoms with van der Waals surface area (Å²) < 4.78 is 5.96. The molecule has 1 aliphatic carbocycles. The van der Waals surface area contributed by atoms with Gasteiger partial charge in [-0.15, -0.1) is 0 Å². The van der Waals surface area contributed by atoms with Crippen LogP contribution in [-0.4, -0.2) is 65.2 Å². The molecule has 0 bridgehead atoms. The Balaban J connectivity index is 1.06. The van der Waals surface area contributed by atoms with E-state index in [2.05, 4.69) is 55.6 Å². The molecule has 0 spiro atoms. The van der Waals surface area contributed by atoms with Crippen LogP contribution in [0.4, 0.5) is 0 Å². The van der Waals surface area contributed by atoms with Crippen LogP contribution in [0.1, 0.15) is 39.4 Å². The molecule has 1 aromatic carbocycles. The molecule has 168 valence electrons. The summed E-state index contributed by atoms with van der Waals surface area (Å²) in [5.41, 5.74) is 5.48. The molecule has 1 saturated heterocycles. The summed E-state index contributed by atoms with van der Waals surface area (Å²) in [5, 5.41) is 10.3. The van der Waals surface area contributed by atoms with Gasteiger partial charge in [0.2, 0.25) is 0 Å². The van der Waals surface area contributed by atoms with E-state index in [1.165, 1.54) is 11.1 Å². The SMILES string of the molecule is Cc1c(C(=O)NCCCN2CCN(Cc3ccccc3)CC2)oc2c1-c1[nH]ncc1CC2. The third kappa shape index (κ3) is 4.36. The fourth-order valence-corrected chi connectivity index (χ4v) is 4.86. The van der Waals surface area contributed by atoms with E-state index in [1.807, 2.05) is 13.1 Å². The first-order valence-corrected chi connectivity index (χ1v) is 11.6. The number of fused-ring (bicyclic) bond motifs is 3. The molecular weight excluding hydrogens is 402 g/mol. The van der Waals surface area contributed by atoms with Crippen LogP contribution in [-0.2, 0) is 19.4 Å². The molecule has 7 nitrogen and oxygen atoms in total. The zero-order chi connectivity index (χ0) is 21.9. The van der Waals surface area contributed by atoms with Crippen LogP contribution in [0.2, 0.25) is 0 Å². The smallest absolute Gasteiger partial charge is 0.287 e. The summed E-state index contributed by atoms with van der Waals surface area (Å²) in [6.07, 6.45) is 4.51. The van der Waals surface area contributed by atoms with Crippen LogP contribution in [0.15, 0.2) is 40.9 Å². The number of amides is 1. The Morgan fingerprint density at radius 2 is 1.91 bits per heavy atom. The molecule has 1 amide bonds. The van der Waals surface area contributed by atoms with E-state index in [0.717, 1.165) is 81.1 Å². The van der Waals surface area contributed by atoms with Crippen LogP contribution in [0.3, 0.4) is 0 Å². The summed E-state index contributed by atoms with van der Waals surface area (Å²) in [6, 6.07) is 10.7. The molecule has 5 rings (SSSR count). The van der Waals surface area contributed by atoms with Gasteiger partial charge in [-0.1, -0.05) is 30.3 Å². The number of piperazine rings is 1. The quantitative estimate of drug-likeness (QED) is 0.560. The van der Waals surface area contributed by atoms with Gasteiger partial charge in [-0.2, -0.15) is 5.10 Å². The Morgan fingerprint density at radius 3 is 2.72 bits per heavy atom. The number of hydrogen-bond acceptors (Lipinski definition) is 5. The third-order valence-corrected chi connectivity index (χ3v) is 6.67. The molecular formula is C25H31N5O2. The number of nitrogens with zero attached hydrogens (tertiary/aromatic N) is 3. The molecule has 0 radical (unpaired) electrons. The number of aryl methyl sites for hydroxylation is 2. The summed E-state index contributed by atoms with van der Waals surface area (Å²) in [5.74, 6) is 1.20. The highest BCUT2D eigenvalue weighted by Crippen LogP contribution is 2.37. The summed E-state index contributed by atoms with van der Waals surface area (Å²) in [4.78, 5) is 17.8. The van der Waals surface area contributed by atoms with Crippen molar-refractivity contribution in [3.8, 4) is 11.3 Å². The maximum atomic E-state index is 12.8. The lowest BCUT2D eigenvalue weighted by atomic mass is 9.93. The van der Waals surface area contributed by atoms with Crippen LogP contribution in [0.25, 0.3) is 11.3 Å². The first-order valence-electron chi connectivity index (χ1n) is 11.6. The number of aromatic nitrogens is 2. The van der Waals surface area contributed by atoms with E-state index in [1.54, 1.807) is 0 Å². The van der Waals surface area contributed by atoms with E-state index >= 15 is 0 Å². The van der Waals surface area contributed by atoms with Gasteiger partial charge in [0.25, 0.3) is 5.91 Å². The van der Waals surface area contributed by atoms with E-state index in [0.29, 0.717) is 12.3 Å². The van der Waals surface area contributed by atoms with Gasteiger partial charge in [0.15, 0.2) is 5.76 Å². The van der Waals surface area contributed by atoms with Crippen LogP contribution >= 0.6 is 0 Å². The summed E-state index contributed by atoms with van der Waals surface area (Å²) in [6.45, 7) is 8.99. The van der Waals surface area contributed by atoms with Gasteiger partial charge in [0.1, 0.15) is 5.76 Å². The lowest BCUT2D eigenvalue weighted by Gasteiger charge is -2.34. The fraction of sp³-hybridized carbons (Fsp3) is 0.440. The third-order valence-electron chi connectivity index (χ3n) is 6.67. The van der Waals surface area contributed by atoms with Gasteiger partial charge < -0.3 is 14.6 Å². The molecule has 1 aliphatic heterocycles. The number of hydrogen-bond donors (Lipinski definition) is 2. The molecule has 0 saturated carbocycles. The molecule has 32 heavy (non-hydrogen) atoms. The van der Waals surface area contributed by atoms with Crippen molar-refractivity contribution in [3.63, 3.8) is 0 Å². The Bertz CT molecular complexity index is 1060. The minimum atomic E-state index is -0.120. The van der Waals surface area contributed by atoms with E-state index in [9.17, 15) is 4.79 Å². The highest BCUT2D eigenvalue weighted by Gasteiger charge is 2.28. The molecule has 3 aromatic rings. The van der Waals surface area contributed by atoms with Crippen LogP contribution < -0.4 is 5.32 Å². The Hall–Kier alpha value is -2.90. The number of H-pyrrole nitrogens is 1. The van der Waals surface area contributed by atoms with E-state index in [-0.39, 0.29) is 5.91 Å². The lowest BCUT2D eigenvalue weighted by molar-refractivity contribution is 0.0917. The van der Waals surface area contributed by atoms with Gasteiger partial charge in [-0.05, 0) is 37.4 Å². The van der Waals surface area contributed by atoms with Crippen LogP contribution in [0.5, 0.6) is 0 Å². The second-order valence-electron chi connectivity index (χ2n) is 8.84. The number of carbonyl (C=O) groups is 1. The van der Waals surface area contributed by atoms with Crippen molar-refractivity contribution in [2.24, 2.45) is 0 Å². The normalized spacial score (nSPS) is 16.5. The predicted molar refractivity (Wildman–Crippen MR) is 124 cm³/mol. The molecule has 2 aromatic heterocycles. The Kier molecular flexibility index (Phi) is 6.10. The highest BCUT2D eigenvalue weighted by molar-refractivity contribution is 5.95. The van der Waals surface area contributed by atoms with Crippen molar-refractivity contribution in [2.45, 2.75) is 32.7 Å². The van der Waals surface area contributed by atoms with Crippen molar-refractivity contribution < 1.29 is 9.21 Å². The van der Waals surface area contributed by atoms with Crippen molar-refractivity contribution in [2.75, 3.05) is 39.3 Å². The monoisotopic (exact) mass is 433 g/mol. The largest absolute Gasteiger partial charge is 0.455 e. The topological polar surface area (TPSA) is 77.4 Å². The Labute approximate surface area is 188 Å². The Morgan fingerprint density at radius 1 is 1.12 bits per heavy atom. The van der Waals surface area contributed by atoms with Gasteiger partial charge in [-0.25, -0.2) is 0 Å². The number of aromatic amines is 1. The molecule has 7 heteroatoms. The van der Waals surface area contributed by atoms with Crippen molar-refractivity contribution in [1.82, 2.24) is 25.3 Å². The average Bonchev–Trinajstić information content (AvgIpc) is 3.42. The number of nitrogens with one attached hydrogen (secondary N) is 2. The van der Waals surface area contributed by atoms with E-state index in [4.69, 9.17) is 4.42 Å². The molecule has 2 N–H and O–H groups in total. The minimum absolute atomic E-state index is 0.120. The number of furan rings is 1. The zero-order valence-electron chi connectivity index (χ0n) is 18.7. The summed E-state index contributed by atoms with van der Waals surface area (Å²) in [7, 11) is 0. The first-order chi connectivity index (χ1) is 15.7. The van der Waals surface area contributed by atoms with Crippen molar-refractivity contribution in [1.29, 1.82) is 0 Å². The summed E-state index contributed by atoms with van der Waals surface area (Å²) >= 11 is 0. The molecule has 2 aliphatic rings. The number of rotatable bonds is 7. The maximum Gasteiger partial charge on any atom is 0.287 e. The number of benzene rings is 1. The molecule has 3 heterocycles. The van der Waals surface area contributed by atoms with E-state index < -0.39 is 0 Å². The standard InChI is InChI=1S/C25H31N5O2/c1-18-22-21(9-8-20-16-27-28-23(20)22)32-24(18)25(31)26-10-5-11-29-12-14-30(15-13-29)17-19-6-3-2-4-7-19/h2-4,6-7,16H,5,8-15,17H2,1H3,(H,26,31)(H,27,28). The zero-order valence-corrected chi connectivity index (χ0v) is 18.7. The lowest BCUT2D eigenvalue weighted by Crippen LogP contribution is -2.46. The minimum Gasteiger partial charge on any atom is -0.455 e. The molecule has 0 unspecified atom stereocenters. The van der Waals surface area contributed by atoms with Gasteiger partial charge in [0, 0.05) is 56.8 Å². The molecule has 0 atom stereocenters. The van der Waals surface area contributed by atoms with Gasteiger partial charge >= 0.3 is 0 Å². The van der Waals surface area contributed by atoms with Gasteiger partial charge in [-0.3, -0.25) is 14.8 Å². The highest BCUT2D eigenvalue weighted by atomic mass is 16.4. The predicted octanol–water partition coefficient (Wildman–Crippen LogP) is 3.01. The van der Waals surface area contributed by atoms with Crippen molar-refractivity contribution >= 4 is 5.91 Å². The average molecular weight is 434 g/mol. The fourth-order valence-electron chi connectivity index (χ4n) is 4.86. The van der Waals surface area contributed by atoms with Crippen LogP contribution in [0, 0.1) is 6.92 Å². The van der Waals surface area contributed by atoms with Gasteiger partial charge in [0.05, 0.1) is 11.9 Å². The molecule has 1 fully saturated rings. The maximum absolute atomic E-state index is 12.8. The number of carbonyl (C=O) groups excluding carboxylic acids is 1. The first kappa shape index (κ1) is 21.0.